The molecule has 88 valence electrons. The molecule has 0 saturated heterocycles. The number of nitrogen functional groups attached to an aromatic ring is 1. The second kappa shape index (κ2) is 4.08. The number of hydrogen-bond acceptors (Lipinski definition) is 5. The first kappa shape index (κ1) is 10.9. The third-order valence-electron chi connectivity index (χ3n) is 2.10. The minimum Gasteiger partial charge on any atom is -0.396 e. The van der Waals surface area contributed by atoms with Crippen molar-refractivity contribution in [2.45, 2.75) is 0 Å². The van der Waals surface area contributed by atoms with Gasteiger partial charge in [0.25, 0.3) is 11.5 Å². The summed E-state index contributed by atoms with van der Waals surface area (Å²) >= 11 is 0. The zero-order valence-corrected chi connectivity index (χ0v) is 8.97. The van der Waals surface area contributed by atoms with Crippen LogP contribution in [0.25, 0.3) is 0 Å². The lowest BCUT2D eigenvalue weighted by atomic mass is 10.3. The van der Waals surface area contributed by atoms with Gasteiger partial charge in [0.05, 0.1) is 11.9 Å². The van der Waals surface area contributed by atoms with E-state index in [1.54, 1.807) is 7.05 Å². The highest BCUT2D eigenvalue weighted by Crippen LogP contribution is 2.11. The minimum atomic E-state index is -0.443. The molecule has 0 unspecified atom stereocenters. The van der Waals surface area contributed by atoms with E-state index in [1.165, 1.54) is 23.0 Å². The molecule has 8 nitrogen and oxygen atoms in total. The molecular weight excluding hydrogens is 224 g/mol. The molecule has 0 spiro atoms. The van der Waals surface area contributed by atoms with Gasteiger partial charge in [0, 0.05) is 13.1 Å². The zero-order chi connectivity index (χ0) is 12.4. The molecule has 0 saturated carbocycles. The largest absolute Gasteiger partial charge is 0.396 e. The summed E-state index contributed by atoms with van der Waals surface area (Å²) in [6, 6.07) is 2.65. The lowest BCUT2D eigenvalue weighted by Gasteiger charge is -2.04. The van der Waals surface area contributed by atoms with Crippen molar-refractivity contribution in [2.75, 3.05) is 11.1 Å². The summed E-state index contributed by atoms with van der Waals surface area (Å²) in [7, 11) is 1.60. The van der Waals surface area contributed by atoms with Crippen molar-refractivity contribution in [3.05, 3.63) is 34.4 Å². The number of aromatic amines is 1. The number of amides is 1. The van der Waals surface area contributed by atoms with Gasteiger partial charge in [-0.1, -0.05) is 0 Å². The van der Waals surface area contributed by atoms with Gasteiger partial charge in [0.1, 0.15) is 5.69 Å². The van der Waals surface area contributed by atoms with E-state index in [4.69, 9.17) is 5.73 Å². The van der Waals surface area contributed by atoms with Crippen LogP contribution in [-0.4, -0.2) is 25.9 Å². The zero-order valence-electron chi connectivity index (χ0n) is 8.97. The minimum absolute atomic E-state index is 0.232. The van der Waals surface area contributed by atoms with Crippen molar-refractivity contribution in [1.82, 2.24) is 20.0 Å². The Morgan fingerprint density at radius 2 is 2.29 bits per heavy atom. The molecular formula is C9H10N6O2. The number of anilines is 2. The van der Waals surface area contributed by atoms with E-state index in [2.05, 4.69) is 20.6 Å². The first-order valence-electron chi connectivity index (χ1n) is 4.72. The summed E-state index contributed by atoms with van der Waals surface area (Å²) < 4.78 is 1.36. The number of nitrogens with two attached hydrogens (primary N) is 1. The molecule has 0 fully saturated rings. The van der Waals surface area contributed by atoms with Crippen molar-refractivity contribution in [1.29, 1.82) is 0 Å². The number of aryl methyl sites for hydroxylation is 1. The maximum Gasteiger partial charge on any atom is 0.277 e. The standard InChI is InChI=1S/C9H10N6O2/c1-15-8(5(10)4-11-15)9(17)12-6-2-3-7(16)14-13-6/h2-4H,10H2,1H3,(H,14,16)(H,12,13,17). The molecule has 2 rings (SSSR count). The maximum atomic E-state index is 11.8. The van der Waals surface area contributed by atoms with Gasteiger partial charge in [0.2, 0.25) is 0 Å². The van der Waals surface area contributed by atoms with E-state index >= 15 is 0 Å². The van der Waals surface area contributed by atoms with E-state index in [0.29, 0.717) is 0 Å². The second-order valence-corrected chi connectivity index (χ2v) is 3.33. The molecule has 0 bridgehead atoms. The van der Waals surface area contributed by atoms with E-state index in [-0.39, 0.29) is 22.8 Å². The average Bonchev–Trinajstić information content (AvgIpc) is 2.62. The molecule has 0 aliphatic rings. The fourth-order valence-corrected chi connectivity index (χ4v) is 1.32. The topological polar surface area (TPSA) is 119 Å². The van der Waals surface area contributed by atoms with Crippen LogP contribution >= 0.6 is 0 Å². The smallest absolute Gasteiger partial charge is 0.277 e. The fourth-order valence-electron chi connectivity index (χ4n) is 1.32. The summed E-state index contributed by atoms with van der Waals surface area (Å²) in [6.45, 7) is 0. The van der Waals surface area contributed by atoms with Crippen LogP contribution in [-0.2, 0) is 7.05 Å². The fraction of sp³-hybridized carbons (Fsp3) is 0.111. The van der Waals surface area contributed by atoms with Gasteiger partial charge in [-0.05, 0) is 6.07 Å². The lowest BCUT2D eigenvalue weighted by Crippen LogP contribution is -2.19. The van der Waals surface area contributed by atoms with Gasteiger partial charge in [-0.15, -0.1) is 0 Å². The van der Waals surface area contributed by atoms with Gasteiger partial charge in [-0.2, -0.15) is 10.2 Å². The van der Waals surface area contributed by atoms with Crippen LogP contribution in [0.1, 0.15) is 10.5 Å². The van der Waals surface area contributed by atoms with E-state index in [0.717, 1.165) is 0 Å². The SMILES string of the molecule is Cn1ncc(N)c1C(=O)Nc1ccc(=O)[nH]n1. The molecule has 17 heavy (non-hydrogen) atoms. The van der Waals surface area contributed by atoms with Crippen molar-refractivity contribution in [3.8, 4) is 0 Å². The Morgan fingerprint density at radius 3 is 2.82 bits per heavy atom. The van der Waals surface area contributed by atoms with Crippen LogP contribution in [0.5, 0.6) is 0 Å². The van der Waals surface area contributed by atoms with Gasteiger partial charge < -0.3 is 11.1 Å². The molecule has 0 atom stereocenters. The first-order valence-corrected chi connectivity index (χ1v) is 4.72. The van der Waals surface area contributed by atoms with Crippen molar-refractivity contribution < 1.29 is 4.79 Å². The highest BCUT2D eigenvalue weighted by atomic mass is 16.2. The number of carbonyl (C=O) groups is 1. The summed E-state index contributed by atoms with van der Waals surface area (Å²) in [5, 5.41) is 12.2. The summed E-state index contributed by atoms with van der Waals surface area (Å²) in [4.78, 5) is 22.6. The van der Waals surface area contributed by atoms with Crippen molar-refractivity contribution in [3.63, 3.8) is 0 Å². The lowest BCUT2D eigenvalue weighted by molar-refractivity contribution is 0.101. The van der Waals surface area contributed by atoms with Crippen LogP contribution in [0.4, 0.5) is 11.5 Å². The highest BCUT2D eigenvalue weighted by Gasteiger charge is 2.15. The summed E-state index contributed by atoms with van der Waals surface area (Å²) in [5.74, 6) is -0.211. The number of nitrogens with one attached hydrogen (secondary N) is 2. The molecule has 0 aromatic carbocycles. The van der Waals surface area contributed by atoms with E-state index < -0.39 is 5.91 Å². The third kappa shape index (κ3) is 2.14. The Bertz CT molecular complexity index is 574. The molecule has 0 aliphatic carbocycles. The highest BCUT2D eigenvalue weighted by molar-refractivity contribution is 6.05. The Morgan fingerprint density at radius 1 is 1.53 bits per heavy atom. The number of carbonyl (C=O) groups excluding carboxylic acids is 1. The molecule has 8 heteroatoms. The third-order valence-corrected chi connectivity index (χ3v) is 2.10. The normalized spacial score (nSPS) is 10.2. The molecule has 2 aromatic rings. The number of nitrogens with zero attached hydrogens (tertiary/aromatic N) is 3. The van der Waals surface area contributed by atoms with Gasteiger partial charge in [-0.3, -0.25) is 14.3 Å². The van der Waals surface area contributed by atoms with Crippen LogP contribution in [0.2, 0.25) is 0 Å². The Labute approximate surface area is 95.4 Å². The van der Waals surface area contributed by atoms with Crippen LogP contribution < -0.4 is 16.6 Å². The van der Waals surface area contributed by atoms with E-state index in [1.807, 2.05) is 0 Å². The molecule has 0 radical (unpaired) electrons. The van der Waals surface area contributed by atoms with Gasteiger partial charge >= 0.3 is 0 Å². The van der Waals surface area contributed by atoms with Crippen LogP contribution in [0.3, 0.4) is 0 Å². The van der Waals surface area contributed by atoms with Crippen molar-refractivity contribution >= 4 is 17.4 Å². The predicted molar refractivity (Wildman–Crippen MR) is 60.4 cm³/mol. The Kier molecular flexibility index (Phi) is 2.61. The molecule has 0 aliphatic heterocycles. The molecule has 1 amide bonds. The number of aromatic nitrogens is 4. The number of hydrogen-bond donors (Lipinski definition) is 3. The van der Waals surface area contributed by atoms with Gasteiger partial charge in [0.15, 0.2) is 5.82 Å². The molecule has 2 aromatic heterocycles. The van der Waals surface area contributed by atoms with Crippen molar-refractivity contribution in [2.24, 2.45) is 7.05 Å². The number of rotatable bonds is 2. The summed E-state index contributed by atoms with van der Waals surface area (Å²) in [6.07, 6.45) is 1.38. The van der Waals surface area contributed by atoms with Crippen LogP contribution in [0.15, 0.2) is 23.1 Å². The Hall–Kier alpha value is -2.64. The molecule has 4 N–H and O–H groups in total. The maximum absolute atomic E-state index is 11.8. The second-order valence-electron chi connectivity index (χ2n) is 3.33. The van der Waals surface area contributed by atoms with Gasteiger partial charge in [-0.25, -0.2) is 5.10 Å². The first-order chi connectivity index (χ1) is 8.08. The Balaban J connectivity index is 2.23. The average molecular weight is 234 g/mol. The molecule has 2 heterocycles. The van der Waals surface area contributed by atoms with Crippen LogP contribution in [0, 0.1) is 0 Å². The van der Waals surface area contributed by atoms with E-state index in [9.17, 15) is 9.59 Å². The predicted octanol–water partition coefficient (Wildman–Crippen LogP) is -0.662. The number of H-pyrrole nitrogens is 1. The quantitative estimate of drug-likeness (QED) is 0.637. The summed E-state index contributed by atoms with van der Waals surface area (Å²) in [5.41, 5.74) is 5.76. The monoisotopic (exact) mass is 234 g/mol.